The lowest BCUT2D eigenvalue weighted by Crippen LogP contribution is -2.45. The van der Waals surface area contributed by atoms with Crippen LogP contribution in [0.25, 0.3) is 11.3 Å². The van der Waals surface area contributed by atoms with E-state index < -0.39 is 80.3 Å². The minimum atomic E-state index is -4.90. The number of rotatable bonds is 7. The first-order valence-electron chi connectivity index (χ1n) is 14.2. The molecule has 0 saturated carbocycles. The summed E-state index contributed by atoms with van der Waals surface area (Å²) in [4.78, 5) is 28.3. The molecule has 0 bridgehead atoms. The van der Waals surface area contributed by atoms with Gasteiger partial charge in [0.2, 0.25) is 5.91 Å². The van der Waals surface area contributed by atoms with Gasteiger partial charge in [-0.2, -0.15) is 26.3 Å². The van der Waals surface area contributed by atoms with Gasteiger partial charge in [0.05, 0.1) is 34.3 Å². The van der Waals surface area contributed by atoms with Gasteiger partial charge >= 0.3 is 18.3 Å². The van der Waals surface area contributed by atoms with Crippen molar-refractivity contribution in [2.24, 2.45) is 5.92 Å². The summed E-state index contributed by atoms with van der Waals surface area (Å²) in [5.74, 6) is -3.77. The molecule has 1 atom stereocenters. The Labute approximate surface area is 263 Å². The maximum absolute atomic E-state index is 15.6. The highest BCUT2D eigenvalue weighted by molar-refractivity contribution is 7.92. The number of carboxylic acid groups (broad SMARTS) is 1. The lowest BCUT2D eigenvalue weighted by atomic mass is 9.97. The molecule has 2 aliphatic heterocycles. The van der Waals surface area contributed by atoms with E-state index in [1.807, 2.05) is 0 Å². The van der Waals surface area contributed by atoms with Crippen LogP contribution in [0.4, 0.5) is 36.4 Å². The number of alkyl halides is 6. The molecule has 1 fully saturated rings. The number of hydrogen-bond donors (Lipinski definition) is 1. The van der Waals surface area contributed by atoms with E-state index in [4.69, 9.17) is 4.74 Å². The van der Waals surface area contributed by atoms with E-state index in [0.29, 0.717) is 22.5 Å². The molecule has 0 aliphatic carbocycles. The van der Waals surface area contributed by atoms with E-state index >= 15 is 4.39 Å². The zero-order valence-electron chi connectivity index (χ0n) is 24.2. The van der Waals surface area contributed by atoms with Gasteiger partial charge in [0.25, 0.3) is 10.0 Å². The molecule has 9 nitrogen and oxygen atoms in total. The number of benzene rings is 2. The minimum absolute atomic E-state index is 0.151. The third-order valence-electron chi connectivity index (χ3n) is 7.91. The summed E-state index contributed by atoms with van der Waals surface area (Å²) >= 11 is 0. The van der Waals surface area contributed by atoms with E-state index in [1.54, 1.807) is 0 Å². The number of carboxylic acids is 1. The fourth-order valence-electron chi connectivity index (χ4n) is 5.43. The number of aromatic nitrogens is 1. The summed E-state index contributed by atoms with van der Waals surface area (Å²) in [6.45, 7) is -0.221. The largest absolute Gasteiger partial charge is 0.483 e. The Hall–Kier alpha value is -4.41. The Morgan fingerprint density at radius 2 is 1.64 bits per heavy atom. The molecule has 1 aromatic heterocycles. The standard InChI is InChI=1S/C30H26F7N3O6S/c31-22-13-18(23-5-2-6-25(38-23)30(35,36)37)14-24-27(22)46-20(7-8-26(41)39-11-9-17(10-12-39)28(42)43)16-40(24)47(44,45)21-4-1-3-19(15-21)29(32,33)34/h1-6,13-15,17,20H,7-12,16H2,(H,42,43). The van der Waals surface area contributed by atoms with Crippen LogP contribution < -0.4 is 9.04 Å². The summed E-state index contributed by atoms with van der Waals surface area (Å²) in [6.07, 6.45) is -10.8. The van der Waals surface area contributed by atoms with Gasteiger partial charge in [-0.1, -0.05) is 12.1 Å². The number of piperidine rings is 1. The van der Waals surface area contributed by atoms with Crippen molar-refractivity contribution in [3.63, 3.8) is 0 Å². The molecule has 0 spiro atoms. The highest BCUT2D eigenvalue weighted by atomic mass is 32.2. The second-order valence-electron chi connectivity index (χ2n) is 11.0. The molecular weight excluding hydrogens is 663 g/mol. The zero-order valence-corrected chi connectivity index (χ0v) is 25.0. The SMILES string of the molecule is O=C(O)C1CCN(C(=O)CCC2CN(S(=O)(=O)c3cccc(C(F)(F)F)c3)c3cc(-c4cccc(C(F)(F)F)n4)cc(F)c3O2)CC1. The lowest BCUT2D eigenvalue weighted by molar-refractivity contribution is -0.145. The molecule has 3 heterocycles. The summed E-state index contributed by atoms with van der Waals surface area (Å²) in [6, 6.07) is 7.50. The van der Waals surface area contributed by atoms with Crippen LogP contribution in [-0.4, -0.2) is 61.0 Å². The molecule has 5 rings (SSSR count). The Balaban J connectivity index is 1.50. The van der Waals surface area contributed by atoms with Crippen molar-refractivity contribution in [3.8, 4) is 17.0 Å². The molecule has 252 valence electrons. The maximum atomic E-state index is 15.6. The Morgan fingerprint density at radius 3 is 2.28 bits per heavy atom. The molecule has 1 amide bonds. The Kier molecular flexibility index (Phi) is 9.14. The number of pyridine rings is 1. The molecule has 2 aromatic carbocycles. The molecule has 0 radical (unpaired) electrons. The average molecular weight is 690 g/mol. The highest BCUT2D eigenvalue weighted by Crippen LogP contribution is 2.43. The lowest BCUT2D eigenvalue weighted by Gasteiger charge is -2.36. The number of carbonyl (C=O) groups is 2. The van der Waals surface area contributed by atoms with Gasteiger partial charge in [-0.25, -0.2) is 17.8 Å². The van der Waals surface area contributed by atoms with Crippen molar-refractivity contribution < 1.29 is 58.6 Å². The van der Waals surface area contributed by atoms with Gasteiger partial charge in [-0.3, -0.25) is 13.9 Å². The summed E-state index contributed by atoms with van der Waals surface area (Å²) < 4.78 is 130. The van der Waals surface area contributed by atoms with Crippen LogP contribution in [0.3, 0.4) is 0 Å². The predicted octanol–water partition coefficient (Wildman–Crippen LogP) is 5.99. The van der Waals surface area contributed by atoms with Crippen LogP contribution in [0.1, 0.15) is 36.9 Å². The number of sulfonamides is 1. The van der Waals surface area contributed by atoms with Crippen LogP contribution in [-0.2, 0) is 32.0 Å². The second kappa shape index (κ2) is 12.7. The van der Waals surface area contributed by atoms with Gasteiger partial charge in [-0.15, -0.1) is 0 Å². The van der Waals surface area contributed by atoms with E-state index in [9.17, 15) is 49.5 Å². The van der Waals surface area contributed by atoms with Gasteiger partial charge in [0.15, 0.2) is 11.6 Å². The number of aliphatic carboxylic acids is 1. The van der Waals surface area contributed by atoms with Gasteiger partial charge in [0.1, 0.15) is 11.8 Å². The van der Waals surface area contributed by atoms with Crippen LogP contribution in [0, 0.1) is 11.7 Å². The predicted molar refractivity (Wildman–Crippen MR) is 151 cm³/mol. The molecule has 1 saturated heterocycles. The average Bonchev–Trinajstić information content (AvgIpc) is 3.02. The van der Waals surface area contributed by atoms with E-state index in [2.05, 4.69) is 4.98 Å². The first-order valence-corrected chi connectivity index (χ1v) is 15.6. The zero-order chi connectivity index (χ0) is 34.3. The molecule has 17 heteroatoms. The van der Waals surface area contributed by atoms with Crippen molar-refractivity contribution in [1.82, 2.24) is 9.88 Å². The van der Waals surface area contributed by atoms with Crippen molar-refractivity contribution in [1.29, 1.82) is 0 Å². The summed E-state index contributed by atoms with van der Waals surface area (Å²) in [7, 11) is -4.88. The van der Waals surface area contributed by atoms with Crippen LogP contribution in [0.2, 0.25) is 0 Å². The number of hydrogen-bond acceptors (Lipinski definition) is 6. The summed E-state index contributed by atoms with van der Waals surface area (Å²) in [5, 5.41) is 9.18. The van der Waals surface area contributed by atoms with Crippen molar-refractivity contribution >= 4 is 27.6 Å². The van der Waals surface area contributed by atoms with Gasteiger partial charge in [-0.05, 0) is 61.7 Å². The minimum Gasteiger partial charge on any atom is -0.483 e. The number of halogens is 7. The van der Waals surface area contributed by atoms with E-state index in [0.717, 1.165) is 36.4 Å². The Morgan fingerprint density at radius 1 is 0.957 bits per heavy atom. The number of nitrogens with zero attached hydrogens (tertiary/aromatic N) is 3. The molecule has 1 unspecified atom stereocenters. The van der Waals surface area contributed by atoms with Gasteiger partial charge < -0.3 is 14.7 Å². The highest BCUT2D eigenvalue weighted by Gasteiger charge is 2.39. The van der Waals surface area contributed by atoms with Crippen molar-refractivity contribution in [3.05, 3.63) is 71.7 Å². The number of fused-ring (bicyclic) bond motifs is 1. The number of carbonyl (C=O) groups excluding carboxylic acids is 1. The fourth-order valence-corrected chi connectivity index (χ4v) is 6.96. The molecule has 2 aliphatic rings. The second-order valence-corrected chi connectivity index (χ2v) is 12.9. The molecule has 47 heavy (non-hydrogen) atoms. The first kappa shape index (κ1) is 33.9. The fraction of sp³-hybridized carbons (Fsp3) is 0.367. The smallest absolute Gasteiger partial charge is 0.433 e. The summed E-state index contributed by atoms with van der Waals surface area (Å²) in [5.41, 5.74) is -3.69. The molecular formula is C30H26F7N3O6S. The van der Waals surface area contributed by atoms with Crippen LogP contribution in [0.5, 0.6) is 5.75 Å². The van der Waals surface area contributed by atoms with Gasteiger partial charge in [0, 0.05) is 25.1 Å². The third kappa shape index (κ3) is 7.29. The number of anilines is 1. The molecule has 3 aromatic rings. The number of likely N-dealkylation sites (tertiary alicyclic amines) is 1. The maximum Gasteiger partial charge on any atom is 0.433 e. The van der Waals surface area contributed by atoms with Crippen molar-refractivity contribution in [2.75, 3.05) is 23.9 Å². The topological polar surface area (TPSA) is 117 Å². The van der Waals surface area contributed by atoms with E-state index in [1.165, 1.54) is 4.90 Å². The third-order valence-corrected chi connectivity index (χ3v) is 9.68. The normalized spacial score (nSPS) is 17.6. The first-order chi connectivity index (χ1) is 21.9. The van der Waals surface area contributed by atoms with Crippen LogP contribution in [0.15, 0.2) is 59.5 Å². The quantitative estimate of drug-likeness (QED) is 0.303. The molecule has 1 N–H and O–H groups in total. The Bertz CT molecular complexity index is 1790. The number of amides is 1. The van der Waals surface area contributed by atoms with E-state index in [-0.39, 0.29) is 55.9 Å². The number of ether oxygens (including phenoxy) is 1. The monoisotopic (exact) mass is 689 g/mol. The van der Waals surface area contributed by atoms with Crippen molar-refractivity contribution in [2.45, 2.75) is 49.0 Å². The van der Waals surface area contributed by atoms with Crippen LogP contribution >= 0.6 is 0 Å².